The number of rotatable bonds is 6. The van der Waals surface area contributed by atoms with Gasteiger partial charge in [-0.25, -0.2) is 0 Å². The molecule has 1 N–H and O–H groups in total. The van der Waals surface area contributed by atoms with E-state index in [0.717, 1.165) is 22.3 Å². The molecule has 0 aromatic heterocycles. The van der Waals surface area contributed by atoms with E-state index in [2.05, 4.69) is 5.32 Å². The van der Waals surface area contributed by atoms with Crippen molar-refractivity contribution >= 4 is 29.5 Å². The molecular formula is C27H32N2O4S. The van der Waals surface area contributed by atoms with Gasteiger partial charge in [-0.1, -0.05) is 48.5 Å². The van der Waals surface area contributed by atoms with Crippen LogP contribution < -0.4 is 5.32 Å². The number of esters is 1. The van der Waals surface area contributed by atoms with E-state index in [1.165, 1.54) is 0 Å². The quantitative estimate of drug-likeness (QED) is 0.637. The van der Waals surface area contributed by atoms with E-state index >= 15 is 0 Å². The van der Waals surface area contributed by atoms with E-state index in [0.29, 0.717) is 25.3 Å². The second-order valence-electron chi connectivity index (χ2n) is 9.72. The summed E-state index contributed by atoms with van der Waals surface area (Å²) in [4.78, 5) is 40.8. The van der Waals surface area contributed by atoms with Crippen LogP contribution in [-0.4, -0.2) is 45.5 Å². The van der Waals surface area contributed by atoms with Crippen molar-refractivity contribution < 1.29 is 19.1 Å². The van der Waals surface area contributed by atoms with E-state index in [9.17, 15) is 14.4 Å². The first-order valence-electron chi connectivity index (χ1n) is 11.7. The second-order valence-corrected chi connectivity index (χ2v) is 11.3. The third-order valence-electron chi connectivity index (χ3n) is 6.85. The first-order chi connectivity index (χ1) is 16.2. The van der Waals surface area contributed by atoms with Crippen molar-refractivity contribution in [2.75, 3.05) is 5.88 Å². The van der Waals surface area contributed by atoms with Gasteiger partial charge in [0.2, 0.25) is 5.91 Å². The van der Waals surface area contributed by atoms with E-state index in [1.54, 1.807) is 16.7 Å². The largest absolute Gasteiger partial charge is 0.452 e. The zero-order valence-electron chi connectivity index (χ0n) is 20.2. The summed E-state index contributed by atoms with van der Waals surface area (Å²) in [5.74, 6) is -0.768. The zero-order valence-corrected chi connectivity index (χ0v) is 21.0. The van der Waals surface area contributed by atoms with E-state index < -0.39 is 16.9 Å². The van der Waals surface area contributed by atoms with Gasteiger partial charge < -0.3 is 15.0 Å². The van der Waals surface area contributed by atoms with Crippen molar-refractivity contribution in [2.45, 2.75) is 64.0 Å². The van der Waals surface area contributed by atoms with Crippen molar-refractivity contribution in [1.82, 2.24) is 10.2 Å². The fourth-order valence-electron chi connectivity index (χ4n) is 4.85. The Labute approximate surface area is 205 Å². The molecule has 2 amide bonds. The number of ether oxygens (including phenoxy) is 1. The molecule has 2 aliphatic rings. The average molecular weight is 481 g/mol. The lowest BCUT2D eigenvalue weighted by atomic mass is 9.95. The average Bonchev–Trinajstić information content (AvgIpc) is 3.32. The molecule has 0 radical (unpaired) electrons. The van der Waals surface area contributed by atoms with Gasteiger partial charge in [0.25, 0.3) is 5.91 Å². The van der Waals surface area contributed by atoms with Gasteiger partial charge in [-0.05, 0) is 56.4 Å². The topological polar surface area (TPSA) is 75.7 Å². The van der Waals surface area contributed by atoms with Crippen LogP contribution in [-0.2, 0) is 32.1 Å². The maximum absolute atomic E-state index is 13.4. The van der Waals surface area contributed by atoms with Crippen LogP contribution in [0.5, 0.6) is 0 Å². The number of benzene rings is 2. The standard InChI is InChI=1S/C27H32N2O4S/c1-17-9-8-10-18(2)21(17)15-28-24(30)23-27(3,4)34-16-29(23)25(31)22-14-20(26(32)33-22)13-19-11-6-5-7-12-19/h5-12,20,22-23H,13-16H2,1-4H3,(H,28,30)/t20-,22+,23-/m1/s1. The van der Waals surface area contributed by atoms with Gasteiger partial charge in [0.15, 0.2) is 6.10 Å². The Kier molecular flexibility index (Phi) is 7.03. The summed E-state index contributed by atoms with van der Waals surface area (Å²) in [6.45, 7) is 8.42. The van der Waals surface area contributed by atoms with Crippen molar-refractivity contribution in [3.05, 3.63) is 70.8 Å². The molecule has 0 aliphatic carbocycles. The van der Waals surface area contributed by atoms with Gasteiger partial charge >= 0.3 is 5.97 Å². The minimum Gasteiger partial charge on any atom is -0.452 e. The molecule has 0 unspecified atom stereocenters. The van der Waals surface area contributed by atoms with Crippen molar-refractivity contribution in [1.29, 1.82) is 0 Å². The minimum absolute atomic E-state index is 0.184. The monoisotopic (exact) mass is 480 g/mol. The lowest BCUT2D eigenvalue weighted by molar-refractivity contribution is -0.155. The number of carbonyl (C=O) groups is 3. The van der Waals surface area contributed by atoms with Crippen LogP contribution in [0.2, 0.25) is 0 Å². The van der Waals surface area contributed by atoms with Crippen molar-refractivity contribution in [2.24, 2.45) is 5.92 Å². The molecule has 0 spiro atoms. The van der Waals surface area contributed by atoms with Gasteiger partial charge in [0.05, 0.1) is 11.8 Å². The summed E-state index contributed by atoms with van der Waals surface area (Å²) in [7, 11) is 0. The molecular weight excluding hydrogens is 448 g/mol. The molecule has 0 saturated carbocycles. The molecule has 2 heterocycles. The van der Waals surface area contributed by atoms with Crippen LogP contribution >= 0.6 is 11.8 Å². The SMILES string of the molecule is Cc1cccc(C)c1CNC(=O)[C@H]1N(C(=O)[C@@H]2C[C@@H](Cc3ccccc3)C(=O)O2)CSC1(C)C. The first-order valence-corrected chi connectivity index (χ1v) is 12.7. The first kappa shape index (κ1) is 24.3. The van der Waals surface area contributed by atoms with Crippen molar-refractivity contribution in [3.63, 3.8) is 0 Å². The molecule has 2 aromatic carbocycles. The predicted octanol–water partition coefficient (Wildman–Crippen LogP) is 3.77. The molecule has 180 valence electrons. The maximum Gasteiger partial charge on any atom is 0.310 e. The van der Waals surface area contributed by atoms with E-state index in [4.69, 9.17) is 4.74 Å². The van der Waals surface area contributed by atoms with E-state index in [-0.39, 0.29) is 23.7 Å². The fraction of sp³-hybridized carbons (Fsp3) is 0.444. The molecule has 0 bridgehead atoms. The summed E-state index contributed by atoms with van der Waals surface area (Å²) < 4.78 is 5.05. The summed E-state index contributed by atoms with van der Waals surface area (Å²) in [5, 5.41) is 3.05. The summed E-state index contributed by atoms with van der Waals surface area (Å²) in [6.07, 6.45) is 0.0403. The highest BCUT2D eigenvalue weighted by molar-refractivity contribution is 8.00. The third kappa shape index (κ3) is 4.99. The number of carbonyl (C=O) groups excluding carboxylic acids is 3. The van der Waals surface area contributed by atoms with Crippen LogP contribution in [0.25, 0.3) is 0 Å². The normalized spacial score (nSPS) is 23.6. The molecule has 7 heteroatoms. The number of nitrogens with one attached hydrogen (secondary N) is 1. The lowest BCUT2D eigenvalue weighted by Crippen LogP contribution is -2.55. The zero-order chi connectivity index (χ0) is 24.5. The number of hydrogen-bond acceptors (Lipinski definition) is 5. The van der Waals surface area contributed by atoms with Crippen molar-refractivity contribution in [3.8, 4) is 0 Å². The number of thioether (sulfide) groups is 1. The molecule has 2 saturated heterocycles. The summed E-state index contributed by atoms with van der Waals surface area (Å²) in [6, 6.07) is 15.2. The smallest absolute Gasteiger partial charge is 0.310 e. The van der Waals surface area contributed by atoms with Crippen LogP contribution in [0.4, 0.5) is 0 Å². The maximum atomic E-state index is 13.4. The Bertz CT molecular complexity index is 1070. The number of cyclic esters (lactones) is 1. The van der Waals surface area contributed by atoms with Gasteiger partial charge in [0.1, 0.15) is 6.04 Å². The Morgan fingerprint density at radius 1 is 1.09 bits per heavy atom. The Morgan fingerprint density at radius 2 is 1.76 bits per heavy atom. The van der Waals surface area contributed by atoms with Crippen LogP contribution in [0, 0.1) is 19.8 Å². The van der Waals surface area contributed by atoms with Gasteiger partial charge in [0, 0.05) is 17.7 Å². The van der Waals surface area contributed by atoms with E-state index in [1.807, 2.05) is 76.2 Å². The van der Waals surface area contributed by atoms with Gasteiger partial charge in [-0.3, -0.25) is 14.4 Å². The van der Waals surface area contributed by atoms with Gasteiger partial charge in [-0.2, -0.15) is 0 Å². The summed E-state index contributed by atoms with van der Waals surface area (Å²) in [5.41, 5.74) is 4.37. The Balaban J connectivity index is 1.44. The molecule has 2 fully saturated rings. The minimum atomic E-state index is -0.843. The number of aryl methyl sites for hydroxylation is 2. The molecule has 2 aliphatic heterocycles. The molecule has 3 atom stereocenters. The molecule has 2 aromatic rings. The Morgan fingerprint density at radius 3 is 2.44 bits per heavy atom. The lowest BCUT2D eigenvalue weighted by Gasteiger charge is -2.31. The van der Waals surface area contributed by atoms with Gasteiger partial charge in [-0.15, -0.1) is 11.8 Å². The number of nitrogens with zero attached hydrogens (tertiary/aromatic N) is 1. The highest BCUT2D eigenvalue weighted by Gasteiger charge is 2.51. The van der Waals surface area contributed by atoms with Crippen LogP contribution in [0.1, 0.15) is 42.5 Å². The number of hydrogen-bond donors (Lipinski definition) is 1. The second kappa shape index (κ2) is 9.82. The molecule has 6 nitrogen and oxygen atoms in total. The highest BCUT2D eigenvalue weighted by Crippen LogP contribution is 2.40. The van der Waals surface area contributed by atoms with Crippen LogP contribution in [0.15, 0.2) is 48.5 Å². The number of amides is 2. The Hall–Kier alpha value is -2.80. The molecule has 34 heavy (non-hydrogen) atoms. The fourth-order valence-corrected chi connectivity index (χ4v) is 5.99. The summed E-state index contributed by atoms with van der Waals surface area (Å²) >= 11 is 1.57. The van der Waals surface area contributed by atoms with Crippen LogP contribution in [0.3, 0.4) is 0 Å². The highest BCUT2D eigenvalue weighted by atomic mass is 32.2. The molecule has 4 rings (SSSR count). The third-order valence-corrected chi connectivity index (χ3v) is 8.23. The predicted molar refractivity (Wildman–Crippen MR) is 133 cm³/mol.